The van der Waals surface area contributed by atoms with Gasteiger partial charge in [0.1, 0.15) is 16.7 Å². The average Bonchev–Trinajstić information content (AvgIpc) is 3.18. The van der Waals surface area contributed by atoms with E-state index >= 15 is 0 Å². The van der Waals surface area contributed by atoms with Crippen LogP contribution in [-0.2, 0) is 15.0 Å². The average molecular weight is 438 g/mol. The summed E-state index contributed by atoms with van der Waals surface area (Å²) < 4.78 is 28.8. The molecule has 9 nitrogen and oxygen atoms in total. The molecule has 1 saturated heterocycles. The standard InChI is InChI=1S/C18H23N5O4S2/c1-4-12(11-8-6-5-7-9-11)19-16-17(22-29(26,27)21-16)20-13-10-28-15(14(13)24)18(25)23(2)3/h5-9,12-13,24H,4,10H2,1-3H3,(H,19,21)(H,20,22)/t12-,13?/m1/s1. The first-order valence-corrected chi connectivity index (χ1v) is 11.5. The number of carbonyl (C=O) groups is 1. The molecule has 2 heterocycles. The number of nitrogens with one attached hydrogen (secondary N) is 2. The van der Waals surface area contributed by atoms with Gasteiger partial charge in [-0.3, -0.25) is 14.8 Å². The number of nitrogens with zero attached hydrogens (tertiary/aromatic N) is 3. The first-order chi connectivity index (χ1) is 13.7. The molecule has 1 fully saturated rings. The van der Waals surface area contributed by atoms with E-state index in [2.05, 4.69) is 19.4 Å². The number of amidine groups is 2. The largest absolute Gasteiger partial charge is 0.509 e. The number of thioether (sulfide) groups is 1. The van der Waals surface area contributed by atoms with Crippen molar-refractivity contribution in [1.29, 1.82) is 0 Å². The highest BCUT2D eigenvalue weighted by Crippen LogP contribution is 2.33. The molecule has 0 radical (unpaired) electrons. The predicted octanol–water partition coefficient (Wildman–Crippen LogP) is 1.35. The Balaban J connectivity index is 1.94. The molecule has 11 heteroatoms. The molecule has 2 aliphatic rings. The molecule has 1 unspecified atom stereocenters. The van der Waals surface area contributed by atoms with Gasteiger partial charge in [-0.1, -0.05) is 37.3 Å². The normalized spacial score (nSPS) is 24.4. The molecule has 0 saturated carbocycles. The van der Waals surface area contributed by atoms with Gasteiger partial charge in [0.25, 0.3) is 5.91 Å². The molecule has 0 aromatic heterocycles. The summed E-state index contributed by atoms with van der Waals surface area (Å²) in [6.45, 7) is 1.96. The fourth-order valence-electron chi connectivity index (χ4n) is 2.88. The Morgan fingerprint density at radius 3 is 2.55 bits per heavy atom. The summed E-state index contributed by atoms with van der Waals surface area (Å²) in [7, 11) is -0.637. The molecule has 3 N–H and O–H groups in total. The molecule has 1 amide bonds. The minimum atomic E-state index is -3.82. The molecule has 1 aromatic carbocycles. The molecule has 156 valence electrons. The maximum absolute atomic E-state index is 12.1. The first-order valence-electron chi connectivity index (χ1n) is 9.01. The molecule has 3 rings (SSSR count). The van der Waals surface area contributed by atoms with Gasteiger partial charge < -0.3 is 10.0 Å². The van der Waals surface area contributed by atoms with Gasteiger partial charge in [0.2, 0.25) is 0 Å². The van der Waals surface area contributed by atoms with Crippen LogP contribution in [0.3, 0.4) is 0 Å². The van der Waals surface area contributed by atoms with Crippen molar-refractivity contribution in [2.24, 2.45) is 9.98 Å². The zero-order valence-electron chi connectivity index (χ0n) is 16.3. The second kappa shape index (κ2) is 8.46. The lowest BCUT2D eigenvalue weighted by molar-refractivity contribution is -0.124. The van der Waals surface area contributed by atoms with Crippen molar-refractivity contribution in [2.75, 3.05) is 19.8 Å². The van der Waals surface area contributed by atoms with Crippen molar-refractivity contribution < 1.29 is 18.3 Å². The van der Waals surface area contributed by atoms with Crippen LogP contribution >= 0.6 is 11.8 Å². The minimum absolute atomic E-state index is 0.0232. The van der Waals surface area contributed by atoms with Crippen LogP contribution in [-0.4, -0.2) is 61.9 Å². The fourth-order valence-corrected chi connectivity index (χ4v) is 4.89. The Hall–Kier alpha value is -2.53. The maximum Gasteiger partial charge on any atom is 0.324 e. The molecular weight excluding hydrogens is 414 g/mol. The number of aliphatic hydroxyl groups excluding tert-OH is 1. The lowest BCUT2D eigenvalue weighted by atomic mass is 10.1. The summed E-state index contributed by atoms with van der Waals surface area (Å²) in [6.07, 6.45) is 0.661. The molecule has 0 bridgehead atoms. The highest BCUT2D eigenvalue weighted by atomic mass is 32.2. The summed E-state index contributed by atoms with van der Waals surface area (Å²) >= 11 is 1.19. The van der Waals surface area contributed by atoms with E-state index in [1.807, 2.05) is 37.3 Å². The zero-order valence-corrected chi connectivity index (χ0v) is 17.9. The van der Waals surface area contributed by atoms with Crippen LogP contribution in [0, 0.1) is 0 Å². The van der Waals surface area contributed by atoms with Gasteiger partial charge in [-0.15, -0.1) is 11.8 Å². The Morgan fingerprint density at radius 2 is 1.93 bits per heavy atom. The number of benzene rings is 1. The second-order valence-corrected chi connectivity index (χ2v) is 9.18. The quantitative estimate of drug-likeness (QED) is 0.641. The van der Waals surface area contributed by atoms with E-state index in [0.29, 0.717) is 12.2 Å². The van der Waals surface area contributed by atoms with E-state index in [1.165, 1.54) is 16.7 Å². The molecule has 29 heavy (non-hydrogen) atoms. The van der Waals surface area contributed by atoms with Gasteiger partial charge in [0, 0.05) is 19.8 Å². The van der Waals surface area contributed by atoms with Crippen LogP contribution in [0.2, 0.25) is 0 Å². The minimum Gasteiger partial charge on any atom is -0.509 e. The first kappa shape index (κ1) is 21.2. The molecule has 2 atom stereocenters. The van der Waals surface area contributed by atoms with Crippen LogP contribution in [0.25, 0.3) is 0 Å². The number of carbonyl (C=O) groups excluding carboxylic acids is 1. The maximum atomic E-state index is 12.1. The Kier molecular flexibility index (Phi) is 6.18. The van der Waals surface area contributed by atoms with Gasteiger partial charge in [-0.2, -0.15) is 8.42 Å². The Morgan fingerprint density at radius 1 is 1.28 bits per heavy atom. The van der Waals surface area contributed by atoms with E-state index in [1.54, 1.807) is 14.1 Å². The highest BCUT2D eigenvalue weighted by Gasteiger charge is 2.35. The van der Waals surface area contributed by atoms with Crippen LogP contribution in [0.5, 0.6) is 0 Å². The molecule has 2 aliphatic heterocycles. The van der Waals surface area contributed by atoms with Gasteiger partial charge in [-0.25, -0.2) is 9.44 Å². The summed E-state index contributed by atoms with van der Waals surface area (Å²) in [5.74, 6) is -0.0399. The van der Waals surface area contributed by atoms with Gasteiger partial charge >= 0.3 is 10.2 Å². The lowest BCUT2D eigenvalue weighted by Gasteiger charge is -2.12. The van der Waals surface area contributed by atoms with Crippen LogP contribution in [0.1, 0.15) is 24.9 Å². The number of hydrogen-bond donors (Lipinski definition) is 3. The number of likely N-dealkylation sites (N-methyl/N-ethyl adjacent to an activating group) is 1. The predicted molar refractivity (Wildman–Crippen MR) is 114 cm³/mol. The third-order valence-corrected chi connectivity index (χ3v) is 6.44. The monoisotopic (exact) mass is 437 g/mol. The van der Waals surface area contributed by atoms with Crippen LogP contribution < -0.4 is 9.44 Å². The van der Waals surface area contributed by atoms with Crippen molar-refractivity contribution >= 4 is 39.5 Å². The van der Waals surface area contributed by atoms with Crippen LogP contribution in [0.4, 0.5) is 0 Å². The Labute approximate surface area is 174 Å². The summed E-state index contributed by atoms with van der Waals surface area (Å²) in [5, 5.41) is 10.4. The van der Waals surface area contributed by atoms with Gasteiger partial charge in [0.05, 0.1) is 6.04 Å². The van der Waals surface area contributed by atoms with Crippen molar-refractivity contribution in [2.45, 2.75) is 25.4 Å². The smallest absolute Gasteiger partial charge is 0.324 e. The summed E-state index contributed by atoms with van der Waals surface area (Å²) in [5.41, 5.74) is 0.950. The topological polar surface area (TPSA) is 123 Å². The van der Waals surface area contributed by atoms with Crippen molar-refractivity contribution in [3.63, 3.8) is 0 Å². The van der Waals surface area contributed by atoms with Gasteiger partial charge in [-0.05, 0) is 12.0 Å². The fraction of sp³-hybridized carbons (Fsp3) is 0.389. The number of amides is 1. The third-order valence-electron chi connectivity index (χ3n) is 4.36. The van der Waals surface area contributed by atoms with E-state index in [4.69, 9.17) is 0 Å². The molecule has 0 aliphatic carbocycles. The molecule has 0 spiro atoms. The highest BCUT2D eigenvalue weighted by molar-refractivity contribution is 8.04. The summed E-state index contributed by atoms with van der Waals surface area (Å²) in [4.78, 5) is 22.6. The van der Waals surface area contributed by atoms with E-state index in [-0.39, 0.29) is 34.3 Å². The zero-order chi connectivity index (χ0) is 21.2. The van der Waals surface area contributed by atoms with Gasteiger partial charge in [0.15, 0.2) is 11.7 Å². The van der Waals surface area contributed by atoms with Crippen LogP contribution in [0.15, 0.2) is 51.0 Å². The van der Waals surface area contributed by atoms with Crippen molar-refractivity contribution in [3.8, 4) is 0 Å². The number of aliphatic hydroxyl groups is 1. The number of aliphatic imine (C=N–C) groups is 2. The van der Waals surface area contributed by atoms with E-state index in [0.717, 1.165) is 5.56 Å². The van der Waals surface area contributed by atoms with E-state index in [9.17, 15) is 18.3 Å². The molecule has 1 aromatic rings. The number of hydrogen-bond acceptors (Lipinski definition) is 7. The number of rotatable bonds is 5. The molecular formula is C18H23N5O4S2. The Bertz CT molecular complexity index is 987. The van der Waals surface area contributed by atoms with Crippen molar-refractivity contribution in [3.05, 3.63) is 46.6 Å². The van der Waals surface area contributed by atoms with E-state index < -0.39 is 16.3 Å². The SMILES string of the molecule is CC[C@@H](N=C1NS(=O)(=O)NC1=NC1CSC(C(=O)N(C)C)=C1O)c1ccccc1. The lowest BCUT2D eigenvalue weighted by Crippen LogP contribution is -2.27. The third kappa shape index (κ3) is 4.73. The van der Waals surface area contributed by atoms with Crippen molar-refractivity contribution in [1.82, 2.24) is 14.3 Å². The second-order valence-electron chi connectivity index (χ2n) is 6.74. The summed E-state index contributed by atoms with van der Waals surface area (Å²) in [6, 6.07) is 8.54.